The van der Waals surface area contributed by atoms with Crippen molar-refractivity contribution >= 4 is 29.7 Å². The van der Waals surface area contributed by atoms with Gasteiger partial charge in [0, 0.05) is 31.0 Å². The highest BCUT2D eigenvalue weighted by Gasteiger charge is 2.31. The van der Waals surface area contributed by atoms with Crippen LogP contribution in [-0.4, -0.2) is 52.5 Å². The minimum atomic E-state index is -1.16. The molecule has 0 unspecified atom stereocenters. The lowest BCUT2D eigenvalue weighted by Gasteiger charge is -2.26. The normalized spacial score (nSPS) is 16.2. The molecule has 0 saturated carbocycles. The third-order valence-corrected chi connectivity index (χ3v) is 3.67. The molecule has 0 atom stereocenters. The minimum Gasteiger partial charge on any atom is -0.481 e. The lowest BCUT2D eigenvalue weighted by Crippen LogP contribution is -2.47. The van der Waals surface area contributed by atoms with E-state index < -0.39 is 23.3 Å². The predicted octanol–water partition coefficient (Wildman–Crippen LogP) is 0.772. The summed E-state index contributed by atoms with van der Waals surface area (Å²) in [5.41, 5.74) is -1.16. The van der Waals surface area contributed by atoms with Crippen molar-refractivity contribution < 1.29 is 19.5 Å². The number of nitrogens with zero attached hydrogens (tertiary/aromatic N) is 1. The molecule has 0 aromatic carbocycles. The van der Waals surface area contributed by atoms with Crippen LogP contribution in [-0.2, 0) is 9.59 Å². The molecule has 0 aromatic heterocycles. The first kappa shape index (κ1) is 14.8. The summed E-state index contributed by atoms with van der Waals surface area (Å²) in [7, 11) is 0. The summed E-state index contributed by atoms with van der Waals surface area (Å²) in [6.45, 7) is 4.14. The summed E-state index contributed by atoms with van der Waals surface area (Å²) >= 11 is 1.76. The van der Waals surface area contributed by atoms with Crippen molar-refractivity contribution in [2.75, 3.05) is 24.6 Å². The van der Waals surface area contributed by atoms with Gasteiger partial charge in [-0.15, -0.1) is 0 Å². The van der Waals surface area contributed by atoms with Gasteiger partial charge in [0.25, 0.3) is 0 Å². The molecule has 2 N–H and O–H groups in total. The molecular weight excluding hydrogens is 256 g/mol. The molecule has 0 aliphatic carbocycles. The van der Waals surface area contributed by atoms with Crippen molar-refractivity contribution in [1.82, 2.24) is 10.2 Å². The second-order valence-electron chi connectivity index (χ2n) is 4.82. The number of thioether (sulfide) groups is 1. The molecule has 1 rings (SSSR count). The molecular formula is C11H18N2O4S. The van der Waals surface area contributed by atoms with E-state index in [9.17, 15) is 14.4 Å². The van der Waals surface area contributed by atoms with Crippen LogP contribution in [0.2, 0.25) is 0 Å². The number of aliphatic carboxylic acids is 1. The van der Waals surface area contributed by atoms with E-state index in [0.29, 0.717) is 13.1 Å². The average Bonchev–Trinajstić information content (AvgIpc) is 2.29. The van der Waals surface area contributed by atoms with Gasteiger partial charge < -0.3 is 10.0 Å². The Morgan fingerprint density at radius 2 is 1.83 bits per heavy atom. The zero-order chi connectivity index (χ0) is 13.8. The first-order valence-corrected chi connectivity index (χ1v) is 6.88. The Morgan fingerprint density at radius 3 is 2.33 bits per heavy atom. The molecule has 0 radical (unpaired) electrons. The highest BCUT2D eigenvalue weighted by Crippen LogP contribution is 2.20. The van der Waals surface area contributed by atoms with Gasteiger partial charge in [0.2, 0.25) is 5.91 Å². The van der Waals surface area contributed by atoms with Gasteiger partial charge in [-0.25, -0.2) is 4.79 Å². The van der Waals surface area contributed by atoms with Crippen molar-refractivity contribution in [2.45, 2.75) is 20.3 Å². The van der Waals surface area contributed by atoms with Crippen LogP contribution in [0.4, 0.5) is 4.79 Å². The van der Waals surface area contributed by atoms with Gasteiger partial charge in [-0.2, -0.15) is 11.8 Å². The van der Waals surface area contributed by atoms with Crippen molar-refractivity contribution in [1.29, 1.82) is 0 Å². The molecule has 1 aliphatic rings. The molecule has 0 spiro atoms. The van der Waals surface area contributed by atoms with Gasteiger partial charge in [0.1, 0.15) is 0 Å². The molecule has 3 amide bonds. The standard InChI is InChI=1S/C11H18N2O4S/c1-11(2,9(15)16)7-8(14)12-10(17)13-3-5-18-6-4-13/h3-7H2,1-2H3,(H,15,16)(H,12,14,17). The minimum absolute atomic E-state index is 0.212. The van der Waals surface area contributed by atoms with E-state index in [4.69, 9.17) is 5.11 Å². The smallest absolute Gasteiger partial charge is 0.324 e. The number of nitrogens with one attached hydrogen (secondary N) is 1. The highest BCUT2D eigenvalue weighted by atomic mass is 32.2. The van der Waals surface area contributed by atoms with Gasteiger partial charge in [-0.05, 0) is 13.8 Å². The molecule has 1 aliphatic heterocycles. The Bertz CT molecular complexity index is 351. The van der Waals surface area contributed by atoms with Gasteiger partial charge in [-0.1, -0.05) is 0 Å². The van der Waals surface area contributed by atoms with Crippen LogP contribution in [0.25, 0.3) is 0 Å². The van der Waals surface area contributed by atoms with E-state index >= 15 is 0 Å². The number of hydrogen-bond acceptors (Lipinski definition) is 4. The van der Waals surface area contributed by atoms with E-state index in [-0.39, 0.29) is 6.42 Å². The molecule has 1 heterocycles. The van der Waals surface area contributed by atoms with Gasteiger partial charge in [0.05, 0.1) is 5.41 Å². The maximum atomic E-state index is 11.7. The third kappa shape index (κ3) is 4.21. The monoisotopic (exact) mass is 274 g/mol. The summed E-state index contributed by atoms with van der Waals surface area (Å²) in [5.74, 6) is 0.120. The molecule has 6 nitrogen and oxygen atoms in total. The highest BCUT2D eigenvalue weighted by molar-refractivity contribution is 7.99. The molecule has 0 aromatic rings. The number of urea groups is 1. The van der Waals surface area contributed by atoms with Gasteiger partial charge in [-0.3, -0.25) is 14.9 Å². The lowest BCUT2D eigenvalue weighted by molar-refractivity contribution is -0.149. The summed E-state index contributed by atoms with van der Waals surface area (Å²) in [6.07, 6.45) is -0.212. The molecule has 1 saturated heterocycles. The first-order valence-electron chi connectivity index (χ1n) is 5.73. The fourth-order valence-corrected chi connectivity index (χ4v) is 2.39. The van der Waals surface area contributed by atoms with Gasteiger partial charge >= 0.3 is 12.0 Å². The van der Waals surface area contributed by atoms with E-state index in [1.54, 1.807) is 16.7 Å². The number of carbonyl (C=O) groups excluding carboxylic acids is 2. The Morgan fingerprint density at radius 1 is 1.28 bits per heavy atom. The summed E-state index contributed by atoms with van der Waals surface area (Å²) < 4.78 is 0. The largest absolute Gasteiger partial charge is 0.481 e. The van der Waals surface area contributed by atoms with Crippen LogP contribution < -0.4 is 5.32 Å². The maximum absolute atomic E-state index is 11.7. The number of hydrogen-bond donors (Lipinski definition) is 2. The number of rotatable bonds is 3. The number of amides is 3. The van der Waals surface area contributed by atoms with E-state index in [1.807, 2.05) is 0 Å². The van der Waals surface area contributed by atoms with Gasteiger partial charge in [0.15, 0.2) is 0 Å². The molecule has 7 heteroatoms. The Labute approximate surface area is 110 Å². The van der Waals surface area contributed by atoms with Crippen molar-refractivity contribution in [2.24, 2.45) is 5.41 Å². The maximum Gasteiger partial charge on any atom is 0.324 e. The fourth-order valence-electron chi connectivity index (χ4n) is 1.49. The zero-order valence-corrected chi connectivity index (χ0v) is 11.4. The van der Waals surface area contributed by atoms with Crippen LogP contribution >= 0.6 is 11.8 Å². The van der Waals surface area contributed by atoms with Crippen molar-refractivity contribution in [3.63, 3.8) is 0 Å². The van der Waals surface area contributed by atoms with E-state index in [0.717, 1.165) is 11.5 Å². The van der Waals surface area contributed by atoms with E-state index in [2.05, 4.69) is 5.32 Å². The summed E-state index contributed by atoms with van der Waals surface area (Å²) in [5, 5.41) is 11.1. The topological polar surface area (TPSA) is 86.7 Å². The summed E-state index contributed by atoms with van der Waals surface area (Å²) in [4.78, 5) is 35.7. The second-order valence-corrected chi connectivity index (χ2v) is 6.04. The van der Waals surface area contributed by atoms with Crippen LogP contribution in [0.5, 0.6) is 0 Å². The average molecular weight is 274 g/mol. The number of carboxylic acids is 1. The van der Waals surface area contributed by atoms with Crippen LogP contribution in [0.3, 0.4) is 0 Å². The lowest BCUT2D eigenvalue weighted by atomic mass is 9.89. The Kier molecular flexibility index (Phi) is 5.01. The predicted molar refractivity (Wildman–Crippen MR) is 68.5 cm³/mol. The molecule has 102 valence electrons. The molecule has 18 heavy (non-hydrogen) atoms. The van der Waals surface area contributed by atoms with E-state index in [1.165, 1.54) is 13.8 Å². The molecule has 1 fully saturated rings. The Hall–Kier alpha value is -1.24. The van der Waals surface area contributed by atoms with Crippen LogP contribution in [0.1, 0.15) is 20.3 Å². The third-order valence-electron chi connectivity index (χ3n) is 2.73. The number of carboxylic acid groups (broad SMARTS) is 1. The molecule has 0 bridgehead atoms. The quantitative estimate of drug-likeness (QED) is 0.794. The fraction of sp³-hybridized carbons (Fsp3) is 0.727. The number of carbonyl (C=O) groups is 3. The SMILES string of the molecule is CC(C)(CC(=O)NC(=O)N1CCSCC1)C(=O)O. The first-order chi connectivity index (χ1) is 8.33. The van der Waals surface area contributed by atoms with Crippen LogP contribution in [0.15, 0.2) is 0 Å². The summed E-state index contributed by atoms with van der Waals surface area (Å²) in [6, 6.07) is -0.429. The number of imide groups is 1. The zero-order valence-electron chi connectivity index (χ0n) is 10.6. The Balaban J connectivity index is 2.44. The van der Waals surface area contributed by atoms with Crippen molar-refractivity contribution in [3.05, 3.63) is 0 Å². The van der Waals surface area contributed by atoms with Crippen LogP contribution in [0, 0.1) is 5.41 Å². The van der Waals surface area contributed by atoms with Crippen molar-refractivity contribution in [3.8, 4) is 0 Å². The second kappa shape index (κ2) is 6.08.